The molecule has 0 radical (unpaired) electrons. The van der Waals surface area contributed by atoms with Gasteiger partial charge in [0.2, 0.25) is 0 Å². The van der Waals surface area contributed by atoms with Gasteiger partial charge < -0.3 is 10.5 Å². The molecule has 1 aliphatic carbocycles. The molecule has 19 heavy (non-hydrogen) atoms. The molecule has 1 aromatic carbocycles. The first-order valence-corrected chi connectivity index (χ1v) is 7.03. The van der Waals surface area contributed by atoms with Gasteiger partial charge in [-0.05, 0) is 43.4 Å². The van der Waals surface area contributed by atoms with Gasteiger partial charge in [0.1, 0.15) is 0 Å². The summed E-state index contributed by atoms with van der Waals surface area (Å²) >= 11 is 0. The van der Waals surface area contributed by atoms with Crippen LogP contribution >= 0.6 is 0 Å². The van der Waals surface area contributed by atoms with Gasteiger partial charge in [-0.2, -0.15) is 0 Å². The SMILES string of the molecule is NC1CCC(OCc2ccnc3ccccc23)CC1. The lowest BCUT2D eigenvalue weighted by Crippen LogP contribution is -2.30. The monoisotopic (exact) mass is 256 g/mol. The number of para-hydroxylation sites is 1. The molecule has 1 aromatic heterocycles. The second-order valence-electron chi connectivity index (χ2n) is 5.34. The number of ether oxygens (including phenoxy) is 1. The van der Waals surface area contributed by atoms with Crippen LogP contribution in [0.25, 0.3) is 10.9 Å². The van der Waals surface area contributed by atoms with Gasteiger partial charge in [-0.1, -0.05) is 18.2 Å². The number of nitrogens with zero attached hydrogens (tertiary/aromatic N) is 1. The van der Waals surface area contributed by atoms with Crippen molar-refractivity contribution in [3.8, 4) is 0 Å². The predicted molar refractivity (Wildman–Crippen MR) is 76.8 cm³/mol. The van der Waals surface area contributed by atoms with E-state index in [0.717, 1.165) is 31.2 Å². The lowest BCUT2D eigenvalue weighted by molar-refractivity contribution is 0.0143. The first kappa shape index (κ1) is 12.6. The van der Waals surface area contributed by atoms with Gasteiger partial charge in [0, 0.05) is 17.6 Å². The molecule has 0 bridgehead atoms. The summed E-state index contributed by atoms with van der Waals surface area (Å²) in [6.45, 7) is 0.670. The maximum absolute atomic E-state index is 6.04. The number of pyridine rings is 1. The zero-order valence-electron chi connectivity index (χ0n) is 11.1. The molecular weight excluding hydrogens is 236 g/mol. The summed E-state index contributed by atoms with van der Waals surface area (Å²) < 4.78 is 6.04. The molecule has 2 aromatic rings. The Hall–Kier alpha value is -1.45. The third-order valence-corrected chi connectivity index (χ3v) is 3.93. The smallest absolute Gasteiger partial charge is 0.0727 e. The van der Waals surface area contributed by atoms with E-state index >= 15 is 0 Å². The van der Waals surface area contributed by atoms with Gasteiger partial charge >= 0.3 is 0 Å². The summed E-state index contributed by atoms with van der Waals surface area (Å²) in [5.41, 5.74) is 8.17. The van der Waals surface area contributed by atoms with Crippen molar-refractivity contribution in [1.82, 2.24) is 4.98 Å². The number of aromatic nitrogens is 1. The average molecular weight is 256 g/mol. The fourth-order valence-corrected chi connectivity index (χ4v) is 2.74. The molecule has 0 amide bonds. The predicted octanol–water partition coefficient (Wildman–Crippen LogP) is 3.02. The second-order valence-corrected chi connectivity index (χ2v) is 5.34. The van der Waals surface area contributed by atoms with E-state index in [4.69, 9.17) is 10.5 Å². The Kier molecular flexibility index (Phi) is 3.76. The van der Waals surface area contributed by atoms with Gasteiger partial charge in [-0.3, -0.25) is 4.98 Å². The Morgan fingerprint density at radius 2 is 1.89 bits per heavy atom. The van der Waals surface area contributed by atoms with Gasteiger partial charge in [0.05, 0.1) is 18.2 Å². The van der Waals surface area contributed by atoms with Crippen LogP contribution in [0.5, 0.6) is 0 Å². The Balaban J connectivity index is 1.68. The summed E-state index contributed by atoms with van der Waals surface area (Å²) in [7, 11) is 0. The fraction of sp³-hybridized carbons (Fsp3) is 0.438. The van der Waals surface area contributed by atoms with E-state index in [0.29, 0.717) is 18.8 Å². The van der Waals surface area contributed by atoms with E-state index < -0.39 is 0 Å². The molecule has 0 atom stereocenters. The number of hydrogen-bond donors (Lipinski definition) is 1. The van der Waals surface area contributed by atoms with Crippen molar-refractivity contribution < 1.29 is 4.74 Å². The number of rotatable bonds is 3. The summed E-state index contributed by atoms with van der Waals surface area (Å²) in [6.07, 6.45) is 6.57. The highest BCUT2D eigenvalue weighted by atomic mass is 16.5. The number of fused-ring (bicyclic) bond motifs is 1. The Morgan fingerprint density at radius 1 is 1.11 bits per heavy atom. The van der Waals surface area contributed by atoms with Crippen LogP contribution in [-0.2, 0) is 11.3 Å². The van der Waals surface area contributed by atoms with Crippen LogP contribution in [-0.4, -0.2) is 17.1 Å². The first-order chi connectivity index (χ1) is 9.33. The van der Waals surface area contributed by atoms with E-state index in [1.165, 1.54) is 10.9 Å². The molecule has 3 heteroatoms. The minimum Gasteiger partial charge on any atom is -0.374 e. The molecule has 0 aliphatic heterocycles. The van der Waals surface area contributed by atoms with Crippen LogP contribution < -0.4 is 5.73 Å². The van der Waals surface area contributed by atoms with E-state index in [1.54, 1.807) is 0 Å². The van der Waals surface area contributed by atoms with Gasteiger partial charge in [-0.15, -0.1) is 0 Å². The van der Waals surface area contributed by atoms with Crippen LogP contribution in [0.3, 0.4) is 0 Å². The van der Waals surface area contributed by atoms with E-state index in [2.05, 4.69) is 17.1 Å². The zero-order valence-corrected chi connectivity index (χ0v) is 11.1. The van der Waals surface area contributed by atoms with Crippen LogP contribution in [0, 0.1) is 0 Å². The van der Waals surface area contributed by atoms with Crippen LogP contribution in [0.15, 0.2) is 36.5 Å². The van der Waals surface area contributed by atoms with Crippen molar-refractivity contribution in [2.24, 2.45) is 5.73 Å². The van der Waals surface area contributed by atoms with Crippen molar-refractivity contribution in [1.29, 1.82) is 0 Å². The molecule has 1 heterocycles. The first-order valence-electron chi connectivity index (χ1n) is 7.03. The number of benzene rings is 1. The van der Waals surface area contributed by atoms with Crippen LogP contribution in [0.1, 0.15) is 31.2 Å². The molecule has 1 aliphatic rings. The van der Waals surface area contributed by atoms with Crippen LogP contribution in [0.4, 0.5) is 0 Å². The standard InChI is InChI=1S/C16H20N2O/c17-13-5-7-14(8-6-13)19-11-12-9-10-18-16-4-2-1-3-15(12)16/h1-4,9-10,13-14H,5-8,11,17H2. The third kappa shape index (κ3) is 2.94. The van der Waals surface area contributed by atoms with Gasteiger partial charge in [0.25, 0.3) is 0 Å². The molecule has 0 unspecified atom stereocenters. The Labute approximate surface area is 113 Å². The van der Waals surface area contributed by atoms with Crippen molar-refractivity contribution in [3.05, 3.63) is 42.1 Å². The number of hydrogen-bond acceptors (Lipinski definition) is 3. The second kappa shape index (κ2) is 5.68. The molecule has 0 spiro atoms. The number of nitrogens with two attached hydrogens (primary N) is 1. The summed E-state index contributed by atoms with van der Waals surface area (Å²) in [4.78, 5) is 4.37. The summed E-state index contributed by atoms with van der Waals surface area (Å²) in [5.74, 6) is 0. The normalized spacial score (nSPS) is 23.6. The minimum absolute atomic E-state index is 0.367. The van der Waals surface area contributed by atoms with E-state index in [9.17, 15) is 0 Å². The lowest BCUT2D eigenvalue weighted by atomic mass is 9.94. The Morgan fingerprint density at radius 3 is 2.74 bits per heavy atom. The van der Waals surface area contributed by atoms with Crippen molar-refractivity contribution >= 4 is 10.9 Å². The van der Waals surface area contributed by atoms with Crippen molar-refractivity contribution in [2.45, 2.75) is 44.4 Å². The summed E-state index contributed by atoms with van der Waals surface area (Å²) in [5, 5.41) is 1.19. The maximum atomic E-state index is 6.04. The zero-order chi connectivity index (χ0) is 13.1. The third-order valence-electron chi connectivity index (χ3n) is 3.93. The van der Waals surface area contributed by atoms with Crippen molar-refractivity contribution in [3.63, 3.8) is 0 Å². The van der Waals surface area contributed by atoms with E-state index in [-0.39, 0.29) is 0 Å². The van der Waals surface area contributed by atoms with Gasteiger partial charge in [0.15, 0.2) is 0 Å². The Bertz CT molecular complexity index is 542. The highest BCUT2D eigenvalue weighted by Gasteiger charge is 2.19. The molecule has 2 N–H and O–H groups in total. The summed E-state index contributed by atoms with van der Waals surface area (Å²) in [6, 6.07) is 10.6. The highest BCUT2D eigenvalue weighted by molar-refractivity contribution is 5.81. The maximum Gasteiger partial charge on any atom is 0.0727 e. The molecule has 3 nitrogen and oxygen atoms in total. The van der Waals surface area contributed by atoms with Gasteiger partial charge in [-0.25, -0.2) is 0 Å². The van der Waals surface area contributed by atoms with E-state index in [1.807, 2.05) is 24.4 Å². The lowest BCUT2D eigenvalue weighted by Gasteiger charge is -2.26. The quantitative estimate of drug-likeness (QED) is 0.918. The highest BCUT2D eigenvalue weighted by Crippen LogP contribution is 2.23. The largest absolute Gasteiger partial charge is 0.374 e. The fourth-order valence-electron chi connectivity index (χ4n) is 2.74. The minimum atomic E-state index is 0.367. The average Bonchev–Trinajstić information content (AvgIpc) is 2.47. The van der Waals surface area contributed by atoms with Crippen LogP contribution in [0.2, 0.25) is 0 Å². The van der Waals surface area contributed by atoms with Crippen molar-refractivity contribution in [2.75, 3.05) is 0 Å². The molecule has 3 rings (SSSR count). The topological polar surface area (TPSA) is 48.1 Å². The molecule has 1 saturated carbocycles. The molecule has 100 valence electrons. The molecule has 0 saturated heterocycles. The molecule has 1 fully saturated rings. The molecular formula is C16H20N2O.